The van der Waals surface area contributed by atoms with Gasteiger partial charge < -0.3 is 15.0 Å². The SMILES string of the molecule is CCC[C@@H](NC(=O)c1cc(Br)cn1C1CC1)C(=O)O. The Morgan fingerprint density at radius 3 is 2.79 bits per heavy atom. The number of carbonyl (C=O) groups excluding carboxylic acids is 1. The summed E-state index contributed by atoms with van der Waals surface area (Å²) in [5.41, 5.74) is 0.525. The molecule has 2 rings (SSSR count). The molecular weight excluding hydrogens is 312 g/mol. The Kier molecular flexibility index (Phi) is 4.29. The van der Waals surface area contributed by atoms with E-state index in [2.05, 4.69) is 21.2 Å². The minimum atomic E-state index is -0.987. The van der Waals surface area contributed by atoms with Gasteiger partial charge in [0.1, 0.15) is 11.7 Å². The first-order valence-corrected chi connectivity index (χ1v) is 7.23. The molecule has 0 spiro atoms. The van der Waals surface area contributed by atoms with E-state index in [1.165, 1.54) is 0 Å². The summed E-state index contributed by atoms with van der Waals surface area (Å²) in [6, 6.07) is 1.29. The van der Waals surface area contributed by atoms with E-state index in [0.29, 0.717) is 24.6 Å². The van der Waals surface area contributed by atoms with Gasteiger partial charge in [0.25, 0.3) is 5.91 Å². The average molecular weight is 329 g/mol. The van der Waals surface area contributed by atoms with Crippen LogP contribution in [-0.4, -0.2) is 27.6 Å². The van der Waals surface area contributed by atoms with Gasteiger partial charge in [-0.05, 0) is 41.3 Å². The summed E-state index contributed by atoms with van der Waals surface area (Å²) in [6.07, 6.45) is 5.16. The van der Waals surface area contributed by atoms with E-state index in [-0.39, 0.29) is 5.91 Å². The van der Waals surface area contributed by atoms with Crippen LogP contribution in [0.25, 0.3) is 0 Å². The number of aromatic nitrogens is 1. The van der Waals surface area contributed by atoms with Crippen LogP contribution in [0.5, 0.6) is 0 Å². The molecule has 1 fully saturated rings. The van der Waals surface area contributed by atoms with Crippen molar-refractivity contribution in [2.45, 2.75) is 44.7 Å². The Morgan fingerprint density at radius 1 is 1.58 bits per heavy atom. The monoisotopic (exact) mass is 328 g/mol. The van der Waals surface area contributed by atoms with Gasteiger partial charge >= 0.3 is 5.97 Å². The van der Waals surface area contributed by atoms with Crippen LogP contribution >= 0.6 is 15.9 Å². The number of halogens is 1. The Bertz CT molecular complexity index is 494. The van der Waals surface area contributed by atoms with E-state index in [9.17, 15) is 9.59 Å². The first-order chi connectivity index (χ1) is 9.02. The zero-order valence-electron chi connectivity index (χ0n) is 10.7. The number of carbonyl (C=O) groups is 2. The molecule has 0 saturated heterocycles. The van der Waals surface area contributed by atoms with Crippen LogP contribution in [-0.2, 0) is 4.79 Å². The highest BCUT2D eigenvalue weighted by Gasteiger charge is 2.29. The molecule has 19 heavy (non-hydrogen) atoms. The summed E-state index contributed by atoms with van der Waals surface area (Å²) in [7, 11) is 0. The van der Waals surface area contributed by atoms with E-state index in [1.54, 1.807) is 6.07 Å². The van der Waals surface area contributed by atoms with Crippen molar-refractivity contribution in [3.05, 3.63) is 22.4 Å². The zero-order chi connectivity index (χ0) is 14.0. The molecule has 1 aromatic heterocycles. The third kappa shape index (κ3) is 3.37. The van der Waals surface area contributed by atoms with E-state index in [1.807, 2.05) is 17.7 Å². The molecule has 1 saturated carbocycles. The smallest absolute Gasteiger partial charge is 0.326 e. The van der Waals surface area contributed by atoms with Crippen LogP contribution in [0.4, 0.5) is 0 Å². The van der Waals surface area contributed by atoms with Crippen LogP contribution in [0.2, 0.25) is 0 Å². The number of nitrogens with zero attached hydrogens (tertiary/aromatic N) is 1. The molecule has 5 nitrogen and oxygen atoms in total. The average Bonchev–Trinajstić information content (AvgIpc) is 3.11. The Hall–Kier alpha value is -1.30. The molecule has 104 valence electrons. The fourth-order valence-electron chi connectivity index (χ4n) is 2.06. The van der Waals surface area contributed by atoms with E-state index in [0.717, 1.165) is 17.3 Å². The normalized spacial score (nSPS) is 16.1. The number of carboxylic acid groups (broad SMARTS) is 1. The van der Waals surface area contributed by atoms with E-state index >= 15 is 0 Å². The van der Waals surface area contributed by atoms with Gasteiger partial charge in [-0.25, -0.2) is 4.79 Å². The molecule has 0 bridgehead atoms. The maximum Gasteiger partial charge on any atom is 0.326 e. The second-order valence-electron chi connectivity index (χ2n) is 4.83. The van der Waals surface area contributed by atoms with Gasteiger partial charge in [0.05, 0.1) is 0 Å². The topological polar surface area (TPSA) is 71.3 Å². The van der Waals surface area contributed by atoms with Gasteiger partial charge in [0.15, 0.2) is 0 Å². The lowest BCUT2D eigenvalue weighted by Gasteiger charge is -2.14. The summed E-state index contributed by atoms with van der Waals surface area (Å²) < 4.78 is 2.76. The lowest BCUT2D eigenvalue weighted by atomic mass is 10.1. The summed E-state index contributed by atoms with van der Waals surface area (Å²) in [5.74, 6) is -1.31. The predicted octanol–water partition coefficient (Wildman–Crippen LogP) is 2.57. The van der Waals surface area contributed by atoms with Crippen molar-refractivity contribution in [1.82, 2.24) is 9.88 Å². The molecule has 1 aromatic rings. The van der Waals surface area contributed by atoms with E-state index in [4.69, 9.17) is 5.11 Å². The molecule has 2 N–H and O–H groups in total. The molecule has 0 aliphatic heterocycles. The second-order valence-corrected chi connectivity index (χ2v) is 5.75. The van der Waals surface area contributed by atoms with Crippen LogP contribution < -0.4 is 5.32 Å². The fraction of sp³-hybridized carbons (Fsp3) is 0.538. The highest BCUT2D eigenvalue weighted by molar-refractivity contribution is 9.10. The van der Waals surface area contributed by atoms with Gasteiger partial charge in [-0.3, -0.25) is 4.79 Å². The van der Waals surface area contributed by atoms with Crippen molar-refractivity contribution in [3.63, 3.8) is 0 Å². The number of aliphatic carboxylic acids is 1. The van der Waals surface area contributed by atoms with Crippen LogP contribution in [0.15, 0.2) is 16.7 Å². The van der Waals surface area contributed by atoms with Gasteiger partial charge in [0, 0.05) is 16.7 Å². The van der Waals surface area contributed by atoms with Gasteiger partial charge in [-0.1, -0.05) is 13.3 Å². The molecule has 0 unspecified atom stereocenters. The maximum absolute atomic E-state index is 12.2. The third-order valence-electron chi connectivity index (χ3n) is 3.17. The van der Waals surface area contributed by atoms with Crippen LogP contribution in [0.3, 0.4) is 0 Å². The number of hydrogen-bond acceptors (Lipinski definition) is 2. The maximum atomic E-state index is 12.2. The van der Waals surface area contributed by atoms with E-state index < -0.39 is 12.0 Å². The molecule has 6 heteroatoms. The lowest BCUT2D eigenvalue weighted by molar-refractivity contribution is -0.139. The largest absolute Gasteiger partial charge is 0.480 e. The van der Waals surface area contributed by atoms with Gasteiger partial charge in [0.2, 0.25) is 0 Å². The number of rotatable bonds is 6. The molecule has 0 aromatic carbocycles. The Morgan fingerprint density at radius 2 is 2.26 bits per heavy atom. The molecular formula is C13H17BrN2O3. The van der Waals surface area contributed by atoms with Crippen molar-refractivity contribution in [3.8, 4) is 0 Å². The minimum absolute atomic E-state index is 0.321. The number of carboxylic acids is 1. The summed E-state index contributed by atoms with van der Waals surface area (Å²) in [6.45, 7) is 1.89. The summed E-state index contributed by atoms with van der Waals surface area (Å²) >= 11 is 3.36. The number of hydrogen-bond donors (Lipinski definition) is 2. The Labute approximate surface area is 120 Å². The fourth-order valence-corrected chi connectivity index (χ4v) is 2.50. The predicted molar refractivity (Wildman–Crippen MR) is 74.2 cm³/mol. The summed E-state index contributed by atoms with van der Waals surface area (Å²) in [4.78, 5) is 23.2. The van der Waals surface area contributed by atoms with Crippen molar-refractivity contribution in [2.75, 3.05) is 0 Å². The van der Waals surface area contributed by atoms with Crippen LogP contribution in [0.1, 0.15) is 49.1 Å². The number of amides is 1. The molecule has 1 amide bonds. The Balaban J connectivity index is 2.12. The lowest BCUT2D eigenvalue weighted by Crippen LogP contribution is -2.41. The van der Waals surface area contributed by atoms with Gasteiger partial charge in [-0.15, -0.1) is 0 Å². The quantitative estimate of drug-likeness (QED) is 0.843. The standard InChI is InChI=1S/C13H17BrN2O3/c1-2-3-10(13(18)19)15-12(17)11-6-8(14)7-16(11)9-4-5-9/h6-7,9-10H,2-5H2,1H3,(H,15,17)(H,18,19)/t10-/m1/s1. The summed E-state index contributed by atoms with van der Waals surface area (Å²) in [5, 5.41) is 11.7. The molecule has 1 atom stereocenters. The molecule has 1 aliphatic carbocycles. The zero-order valence-corrected chi connectivity index (χ0v) is 12.3. The highest BCUT2D eigenvalue weighted by Crippen LogP contribution is 2.37. The first-order valence-electron chi connectivity index (χ1n) is 6.44. The van der Waals surface area contributed by atoms with Crippen molar-refractivity contribution in [2.24, 2.45) is 0 Å². The highest BCUT2D eigenvalue weighted by atomic mass is 79.9. The first kappa shape index (κ1) is 14.1. The van der Waals surface area contributed by atoms with Crippen LogP contribution in [0, 0.1) is 0 Å². The number of nitrogens with one attached hydrogen (secondary N) is 1. The van der Waals surface area contributed by atoms with Crippen molar-refractivity contribution >= 4 is 27.8 Å². The van der Waals surface area contributed by atoms with Crippen molar-refractivity contribution < 1.29 is 14.7 Å². The minimum Gasteiger partial charge on any atom is -0.480 e. The molecule has 1 aliphatic rings. The molecule has 0 radical (unpaired) electrons. The van der Waals surface area contributed by atoms with Gasteiger partial charge in [-0.2, -0.15) is 0 Å². The molecule has 1 heterocycles. The van der Waals surface area contributed by atoms with Crippen molar-refractivity contribution in [1.29, 1.82) is 0 Å². The second kappa shape index (κ2) is 5.77. The third-order valence-corrected chi connectivity index (χ3v) is 3.60.